The van der Waals surface area contributed by atoms with Crippen molar-refractivity contribution >= 4 is 11.3 Å². The molecule has 1 atom stereocenters. The molecular weight excluding hydrogens is 230 g/mol. The van der Waals surface area contributed by atoms with Gasteiger partial charge in [0.15, 0.2) is 0 Å². The van der Waals surface area contributed by atoms with Crippen molar-refractivity contribution in [1.29, 1.82) is 0 Å². The summed E-state index contributed by atoms with van der Waals surface area (Å²) in [6.45, 7) is 5.16. The lowest BCUT2D eigenvalue weighted by Crippen LogP contribution is -2.21. The van der Waals surface area contributed by atoms with Gasteiger partial charge in [-0.15, -0.1) is 11.3 Å². The molecule has 2 heterocycles. The Hall–Kier alpha value is -1.06. The van der Waals surface area contributed by atoms with Crippen LogP contribution in [0.25, 0.3) is 0 Å². The van der Waals surface area contributed by atoms with Gasteiger partial charge in [-0.1, -0.05) is 13.0 Å². The fraction of sp³-hybridized carbons (Fsp3) is 0.429. The molecule has 0 aromatic carbocycles. The van der Waals surface area contributed by atoms with E-state index in [1.807, 2.05) is 18.3 Å². The van der Waals surface area contributed by atoms with Crippen LogP contribution in [-0.2, 0) is 6.42 Å². The van der Waals surface area contributed by atoms with Gasteiger partial charge in [0.2, 0.25) is 0 Å². The molecule has 0 amide bonds. The van der Waals surface area contributed by atoms with Crippen LogP contribution in [0, 0.1) is 6.92 Å². The first-order valence-corrected chi connectivity index (χ1v) is 6.99. The van der Waals surface area contributed by atoms with Gasteiger partial charge in [0.25, 0.3) is 0 Å². The highest BCUT2D eigenvalue weighted by atomic mass is 32.1. The number of furan rings is 1. The van der Waals surface area contributed by atoms with Gasteiger partial charge in [-0.25, -0.2) is 0 Å². The van der Waals surface area contributed by atoms with Crippen LogP contribution in [0.3, 0.4) is 0 Å². The van der Waals surface area contributed by atoms with Gasteiger partial charge in [-0.05, 0) is 43.8 Å². The molecule has 17 heavy (non-hydrogen) atoms. The first-order chi connectivity index (χ1) is 8.31. The van der Waals surface area contributed by atoms with Gasteiger partial charge in [0.05, 0.1) is 6.26 Å². The van der Waals surface area contributed by atoms with Gasteiger partial charge in [0, 0.05) is 16.5 Å². The number of rotatable bonds is 6. The molecule has 1 unspecified atom stereocenters. The minimum atomic E-state index is 0.404. The van der Waals surface area contributed by atoms with E-state index in [0.717, 1.165) is 25.1 Å². The molecule has 0 aliphatic rings. The first kappa shape index (κ1) is 12.4. The summed E-state index contributed by atoms with van der Waals surface area (Å²) in [5.41, 5.74) is 1.29. The van der Waals surface area contributed by atoms with Crippen molar-refractivity contribution in [3.05, 3.63) is 46.0 Å². The third kappa shape index (κ3) is 3.20. The van der Waals surface area contributed by atoms with Crippen LogP contribution in [0.4, 0.5) is 0 Å². The predicted molar refractivity (Wildman–Crippen MR) is 72.5 cm³/mol. The molecule has 92 valence electrons. The van der Waals surface area contributed by atoms with Crippen LogP contribution in [0.15, 0.2) is 34.3 Å². The molecule has 0 saturated heterocycles. The standard InChI is InChI=1S/C14H19NOS/c1-3-15-14(13-8-9-16-11(13)2)7-6-12-5-4-10-17-12/h4-5,8-10,14-15H,3,6-7H2,1-2H3. The Labute approximate surface area is 107 Å². The minimum absolute atomic E-state index is 0.404. The summed E-state index contributed by atoms with van der Waals surface area (Å²) >= 11 is 1.83. The van der Waals surface area contributed by atoms with E-state index in [4.69, 9.17) is 4.42 Å². The van der Waals surface area contributed by atoms with Gasteiger partial charge in [-0.3, -0.25) is 0 Å². The van der Waals surface area contributed by atoms with E-state index in [-0.39, 0.29) is 0 Å². The van der Waals surface area contributed by atoms with E-state index >= 15 is 0 Å². The van der Waals surface area contributed by atoms with E-state index in [0.29, 0.717) is 6.04 Å². The molecule has 0 saturated carbocycles. The van der Waals surface area contributed by atoms with Crippen LogP contribution in [0.2, 0.25) is 0 Å². The van der Waals surface area contributed by atoms with Crippen molar-refractivity contribution in [2.45, 2.75) is 32.7 Å². The molecular formula is C14H19NOS. The Morgan fingerprint density at radius 1 is 1.41 bits per heavy atom. The first-order valence-electron chi connectivity index (χ1n) is 6.11. The lowest BCUT2D eigenvalue weighted by Gasteiger charge is -2.16. The van der Waals surface area contributed by atoms with E-state index < -0.39 is 0 Å². The molecule has 0 bridgehead atoms. The molecule has 0 radical (unpaired) electrons. The van der Waals surface area contributed by atoms with Crippen molar-refractivity contribution in [2.24, 2.45) is 0 Å². The van der Waals surface area contributed by atoms with E-state index in [1.165, 1.54) is 10.4 Å². The number of nitrogens with one attached hydrogen (secondary N) is 1. The van der Waals surface area contributed by atoms with Gasteiger partial charge in [0.1, 0.15) is 5.76 Å². The zero-order chi connectivity index (χ0) is 12.1. The lowest BCUT2D eigenvalue weighted by atomic mass is 10.0. The van der Waals surface area contributed by atoms with Crippen molar-refractivity contribution < 1.29 is 4.42 Å². The molecule has 0 fully saturated rings. The van der Waals surface area contributed by atoms with Crippen LogP contribution in [-0.4, -0.2) is 6.54 Å². The summed E-state index contributed by atoms with van der Waals surface area (Å²) < 4.78 is 5.39. The molecule has 1 N–H and O–H groups in total. The van der Waals surface area contributed by atoms with Crippen LogP contribution in [0.1, 0.15) is 35.6 Å². The highest BCUT2D eigenvalue weighted by Gasteiger charge is 2.14. The monoisotopic (exact) mass is 249 g/mol. The minimum Gasteiger partial charge on any atom is -0.469 e. The summed E-state index contributed by atoms with van der Waals surface area (Å²) in [6.07, 6.45) is 4.02. The molecule has 2 nitrogen and oxygen atoms in total. The Balaban J connectivity index is 2.00. The quantitative estimate of drug-likeness (QED) is 0.839. The molecule has 2 aromatic rings. The highest BCUT2D eigenvalue weighted by Crippen LogP contribution is 2.24. The van der Waals surface area contributed by atoms with Crippen molar-refractivity contribution in [2.75, 3.05) is 6.54 Å². The summed E-state index contributed by atoms with van der Waals surface area (Å²) in [5, 5.41) is 5.67. The Morgan fingerprint density at radius 3 is 2.88 bits per heavy atom. The van der Waals surface area contributed by atoms with Gasteiger partial charge >= 0.3 is 0 Å². The summed E-state index contributed by atoms with van der Waals surface area (Å²) in [4.78, 5) is 1.45. The van der Waals surface area contributed by atoms with Crippen LogP contribution >= 0.6 is 11.3 Å². The smallest absolute Gasteiger partial charge is 0.105 e. The number of thiophene rings is 1. The fourth-order valence-electron chi connectivity index (χ4n) is 2.11. The predicted octanol–water partition coefficient (Wildman–Crippen LogP) is 3.93. The Kier molecular flexibility index (Phi) is 4.40. The molecule has 2 rings (SSSR count). The van der Waals surface area contributed by atoms with E-state index in [9.17, 15) is 0 Å². The second kappa shape index (κ2) is 6.03. The van der Waals surface area contributed by atoms with Gasteiger partial charge in [-0.2, -0.15) is 0 Å². The van der Waals surface area contributed by atoms with Crippen molar-refractivity contribution in [1.82, 2.24) is 5.32 Å². The van der Waals surface area contributed by atoms with E-state index in [1.54, 1.807) is 6.26 Å². The van der Waals surface area contributed by atoms with Crippen molar-refractivity contribution in [3.8, 4) is 0 Å². The second-order valence-electron chi connectivity index (χ2n) is 4.16. The Morgan fingerprint density at radius 2 is 2.29 bits per heavy atom. The van der Waals surface area contributed by atoms with Gasteiger partial charge < -0.3 is 9.73 Å². The Bertz CT molecular complexity index is 433. The zero-order valence-electron chi connectivity index (χ0n) is 10.4. The normalized spacial score (nSPS) is 12.8. The molecule has 0 aliphatic carbocycles. The summed E-state index contributed by atoms with van der Waals surface area (Å²) in [7, 11) is 0. The topological polar surface area (TPSA) is 25.2 Å². The number of aryl methyl sites for hydroxylation is 2. The molecule has 3 heteroatoms. The average Bonchev–Trinajstić information content (AvgIpc) is 2.95. The largest absolute Gasteiger partial charge is 0.469 e. The maximum Gasteiger partial charge on any atom is 0.105 e. The average molecular weight is 249 g/mol. The third-order valence-corrected chi connectivity index (χ3v) is 3.92. The fourth-order valence-corrected chi connectivity index (χ4v) is 2.84. The molecule has 0 spiro atoms. The van der Waals surface area contributed by atoms with Crippen LogP contribution in [0.5, 0.6) is 0 Å². The number of hydrogen-bond acceptors (Lipinski definition) is 3. The lowest BCUT2D eigenvalue weighted by molar-refractivity contribution is 0.486. The number of hydrogen-bond donors (Lipinski definition) is 1. The highest BCUT2D eigenvalue weighted by molar-refractivity contribution is 7.09. The summed E-state index contributed by atoms with van der Waals surface area (Å²) in [5.74, 6) is 1.03. The van der Waals surface area contributed by atoms with Crippen molar-refractivity contribution in [3.63, 3.8) is 0 Å². The SMILES string of the molecule is CCNC(CCc1cccs1)c1ccoc1C. The third-order valence-electron chi connectivity index (χ3n) is 2.98. The molecule has 2 aromatic heterocycles. The maximum atomic E-state index is 5.39. The second-order valence-corrected chi connectivity index (χ2v) is 5.19. The zero-order valence-corrected chi connectivity index (χ0v) is 11.2. The van der Waals surface area contributed by atoms with E-state index in [2.05, 4.69) is 35.8 Å². The van der Waals surface area contributed by atoms with Crippen LogP contribution < -0.4 is 5.32 Å². The molecule has 0 aliphatic heterocycles. The maximum absolute atomic E-state index is 5.39. The summed E-state index contributed by atoms with van der Waals surface area (Å²) in [6, 6.07) is 6.80.